The zero-order chi connectivity index (χ0) is 28.8. The minimum absolute atomic E-state index is 0.0298. The molecule has 9 heteroatoms. The van der Waals surface area contributed by atoms with Crippen LogP contribution in [0.2, 0.25) is 0 Å². The molecule has 1 saturated carbocycles. The van der Waals surface area contributed by atoms with E-state index in [1.165, 1.54) is 16.9 Å². The van der Waals surface area contributed by atoms with Crippen LogP contribution >= 0.6 is 27.3 Å². The maximum atomic E-state index is 14.1. The Balaban J connectivity index is 1.21. The number of anilines is 1. The molecule has 7 nitrogen and oxygen atoms in total. The Kier molecular flexibility index (Phi) is 7.73. The molecule has 3 aromatic rings. The Bertz CT molecular complexity index is 1500. The van der Waals surface area contributed by atoms with Crippen LogP contribution in [0.15, 0.2) is 47.1 Å². The van der Waals surface area contributed by atoms with E-state index in [9.17, 15) is 9.59 Å². The maximum absolute atomic E-state index is 14.1. The van der Waals surface area contributed by atoms with Crippen molar-refractivity contribution >= 4 is 44.2 Å². The third-order valence-electron chi connectivity index (χ3n) is 9.42. The number of rotatable bonds is 6. The number of thiazole rings is 1. The molecule has 42 heavy (non-hydrogen) atoms. The lowest BCUT2D eigenvalue weighted by Gasteiger charge is -2.42. The second-order valence-corrected chi connectivity index (χ2v) is 14.2. The Morgan fingerprint density at radius 1 is 1.10 bits per heavy atom. The van der Waals surface area contributed by atoms with E-state index in [2.05, 4.69) is 49.8 Å². The summed E-state index contributed by atoms with van der Waals surface area (Å²) < 4.78 is 7.86. The molecule has 1 saturated heterocycles. The standard InChI is InChI=1S/C33H37BrN4O3S/c1-21-17-35-33(42-21)36-15-13-24(19-36)41-29-12-11-27(34)26-14-16-38(31(39)22-7-3-2-4-8-22)28(30(26)29)20-37-18-23-9-5-6-10-25(23)32(37)40/h5-6,9-12,17,22,24,28H,2-4,7-8,13-16,18-20H2,1H3/t24-,28+/m0/s1. The molecular formula is C33H37BrN4O3S. The van der Waals surface area contributed by atoms with Crippen LogP contribution in [0.4, 0.5) is 5.13 Å². The highest BCUT2D eigenvalue weighted by Crippen LogP contribution is 2.43. The highest BCUT2D eigenvalue weighted by Gasteiger charge is 2.41. The number of benzene rings is 2. The lowest BCUT2D eigenvalue weighted by atomic mass is 9.85. The largest absolute Gasteiger partial charge is 0.488 e. The van der Waals surface area contributed by atoms with E-state index in [4.69, 9.17) is 4.74 Å². The molecule has 1 aromatic heterocycles. The van der Waals surface area contributed by atoms with Gasteiger partial charge in [0.1, 0.15) is 11.9 Å². The van der Waals surface area contributed by atoms with Gasteiger partial charge in [0.2, 0.25) is 5.91 Å². The summed E-state index contributed by atoms with van der Waals surface area (Å²) in [6.45, 7) is 5.47. The number of hydrogen-bond donors (Lipinski definition) is 0. The summed E-state index contributed by atoms with van der Waals surface area (Å²) in [5.41, 5.74) is 4.08. The molecule has 2 amide bonds. The van der Waals surface area contributed by atoms with Gasteiger partial charge in [-0.25, -0.2) is 4.98 Å². The fraction of sp³-hybridized carbons (Fsp3) is 0.485. The van der Waals surface area contributed by atoms with Crippen LogP contribution in [0.25, 0.3) is 0 Å². The van der Waals surface area contributed by atoms with Gasteiger partial charge < -0.3 is 19.4 Å². The van der Waals surface area contributed by atoms with Crippen LogP contribution < -0.4 is 9.64 Å². The van der Waals surface area contributed by atoms with E-state index in [1.807, 2.05) is 35.4 Å². The Labute approximate surface area is 260 Å². The molecule has 4 heterocycles. The van der Waals surface area contributed by atoms with Crippen molar-refractivity contribution in [2.24, 2.45) is 5.92 Å². The minimum Gasteiger partial charge on any atom is -0.488 e. The van der Waals surface area contributed by atoms with Crippen molar-refractivity contribution in [2.45, 2.75) is 70.6 Å². The summed E-state index contributed by atoms with van der Waals surface area (Å²) in [4.78, 5) is 39.8. The van der Waals surface area contributed by atoms with Crippen LogP contribution in [0.3, 0.4) is 0 Å². The maximum Gasteiger partial charge on any atom is 0.254 e. The first-order valence-electron chi connectivity index (χ1n) is 15.3. The molecule has 220 valence electrons. The van der Waals surface area contributed by atoms with Crippen LogP contribution in [0.1, 0.15) is 76.5 Å². The molecule has 0 spiro atoms. The van der Waals surface area contributed by atoms with Crippen molar-refractivity contribution in [3.05, 3.63) is 74.2 Å². The van der Waals surface area contributed by atoms with E-state index in [0.29, 0.717) is 19.6 Å². The fourth-order valence-electron chi connectivity index (χ4n) is 7.26. The summed E-state index contributed by atoms with van der Waals surface area (Å²) in [5.74, 6) is 1.19. The third kappa shape index (κ3) is 5.23. The molecule has 7 rings (SSSR count). The van der Waals surface area contributed by atoms with Crippen LogP contribution in [-0.4, -0.2) is 58.9 Å². The normalized spacial score (nSPS) is 22.4. The number of amides is 2. The fourth-order valence-corrected chi connectivity index (χ4v) is 8.60. The number of carbonyl (C=O) groups excluding carboxylic acids is 2. The van der Waals surface area contributed by atoms with Crippen LogP contribution in [0, 0.1) is 12.8 Å². The predicted octanol–water partition coefficient (Wildman–Crippen LogP) is 6.53. The van der Waals surface area contributed by atoms with Gasteiger partial charge >= 0.3 is 0 Å². The Morgan fingerprint density at radius 2 is 1.93 bits per heavy atom. The van der Waals surface area contributed by atoms with E-state index in [1.54, 1.807) is 11.3 Å². The SMILES string of the molecule is Cc1cnc(N2CC[C@H](Oc3ccc(Br)c4c3[C@@H](CN3Cc5ccccc5C3=O)N(C(=O)C3CCCCC3)CC4)C2)s1. The first kappa shape index (κ1) is 27.9. The zero-order valence-corrected chi connectivity index (χ0v) is 26.5. The second kappa shape index (κ2) is 11.6. The van der Waals surface area contributed by atoms with Gasteiger partial charge in [0, 0.05) is 65.2 Å². The van der Waals surface area contributed by atoms with Gasteiger partial charge in [-0.2, -0.15) is 0 Å². The highest BCUT2D eigenvalue weighted by molar-refractivity contribution is 9.10. The van der Waals surface area contributed by atoms with Crippen molar-refractivity contribution in [3.63, 3.8) is 0 Å². The average molecular weight is 650 g/mol. The first-order chi connectivity index (χ1) is 20.5. The van der Waals surface area contributed by atoms with Gasteiger partial charge in [-0.15, -0.1) is 11.3 Å². The number of aromatic nitrogens is 1. The van der Waals surface area contributed by atoms with Crippen LogP contribution in [-0.2, 0) is 17.8 Å². The quantitative estimate of drug-likeness (QED) is 0.304. The van der Waals surface area contributed by atoms with Crippen molar-refractivity contribution in [2.75, 3.05) is 31.1 Å². The topological polar surface area (TPSA) is 66.0 Å². The number of hydrogen-bond acceptors (Lipinski definition) is 6. The van der Waals surface area contributed by atoms with E-state index >= 15 is 0 Å². The predicted molar refractivity (Wildman–Crippen MR) is 168 cm³/mol. The molecular weight excluding hydrogens is 612 g/mol. The van der Waals surface area contributed by atoms with Crippen molar-refractivity contribution in [1.29, 1.82) is 0 Å². The number of halogens is 1. The summed E-state index contributed by atoms with van der Waals surface area (Å²) in [6.07, 6.45) is 8.99. The van der Waals surface area contributed by atoms with Gasteiger partial charge in [-0.1, -0.05) is 53.4 Å². The van der Waals surface area contributed by atoms with Crippen molar-refractivity contribution in [3.8, 4) is 5.75 Å². The second-order valence-electron chi connectivity index (χ2n) is 12.1. The molecule has 3 aliphatic heterocycles. The van der Waals surface area contributed by atoms with Crippen molar-refractivity contribution < 1.29 is 14.3 Å². The smallest absolute Gasteiger partial charge is 0.254 e. The third-order valence-corrected chi connectivity index (χ3v) is 11.1. The molecule has 0 unspecified atom stereocenters. The number of carbonyl (C=O) groups is 2. The van der Waals surface area contributed by atoms with E-state index < -0.39 is 0 Å². The summed E-state index contributed by atoms with van der Waals surface area (Å²) >= 11 is 5.55. The summed E-state index contributed by atoms with van der Waals surface area (Å²) in [5, 5.41) is 1.05. The lowest BCUT2D eigenvalue weighted by molar-refractivity contribution is -0.140. The molecule has 2 fully saturated rings. The number of nitrogens with zero attached hydrogens (tertiary/aromatic N) is 4. The Morgan fingerprint density at radius 3 is 2.71 bits per heavy atom. The summed E-state index contributed by atoms with van der Waals surface area (Å²) in [7, 11) is 0. The molecule has 2 atom stereocenters. The summed E-state index contributed by atoms with van der Waals surface area (Å²) in [6, 6.07) is 11.8. The van der Waals surface area contributed by atoms with Crippen molar-refractivity contribution in [1.82, 2.24) is 14.8 Å². The zero-order valence-electron chi connectivity index (χ0n) is 24.1. The van der Waals surface area contributed by atoms with E-state index in [0.717, 1.165) is 83.7 Å². The highest BCUT2D eigenvalue weighted by atomic mass is 79.9. The van der Waals surface area contributed by atoms with Gasteiger partial charge in [-0.3, -0.25) is 9.59 Å². The first-order valence-corrected chi connectivity index (χ1v) is 16.9. The monoisotopic (exact) mass is 648 g/mol. The van der Waals surface area contributed by atoms with Gasteiger partial charge in [0.15, 0.2) is 5.13 Å². The molecule has 1 aliphatic carbocycles. The number of aryl methyl sites for hydroxylation is 1. The number of fused-ring (bicyclic) bond motifs is 2. The minimum atomic E-state index is -0.256. The van der Waals surface area contributed by atoms with Gasteiger partial charge in [0.05, 0.1) is 12.6 Å². The van der Waals surface area contributed by atoms with Gasteiger partial charge in [-0.05, 0) is 55.5 Å². The Hall–Kier alpha value is -2.91. The molecule has 4 aliphatic rings. The molecule has 0 radical (unpaired) electrons. The number of ether oxygens (including phenoxy) is 1. The molecule has 2 aromatic carbocycles. The van der Waals surface area contributed by atoms with Gasteiger partial charge in [0.25, 0.3) is 5.91 Å². The van der Waals surface area contributed by atoms with E-state index in [-0.39, 0.29) is 29.9 Å². The van der Waals surface area contributed by atoms with Crippen LogP contribution in [0.5, 0.6) is 5.75 Å². The average Bonchev–Trinajstić information content (AvgIpc) is 3.74. The lowest BCUT2D eigenvalue weighted by Crippen LogP contribution is -2.48. The molecule has 0 N–H and O–H groups in total. The molecule has 0 bridgehead atoms.